The Hall–Kier alpha value is -2.94. The summed E-state index contributed by atoms with van der Waals surface area (Å²) in [7, 11) is 0. The number of benzene rings is 2. The van der Waals surface area contributed by atoms with Gasteiger partial charge in [-0.1, -0.05) is 54.3 Å². The first kappa shape index (κ1) is 24.2. The predicted molar refractivity (Wildman–Crippen MR) is 141 cm³/mol. The third-order valence-corrected chi connectivity index (χ3v) is 6.59. The van der Waals surface area contributed by atoms with Crippen molar-refractivity contribution in [1.29, 1.82) is 0 Å². The van der Waals surface area contributed by atoms with E-state index in [1.807, 2.05) is 85.4 Å². The van der Waals surface area contributed by atoms with Crippen molar-refractivity contribution < 1.29 is 14.3 Å². The van der Waals surface area contributed by atoms with Crippen LogP contribution in [0.1, 0.15) is 25.8 Å². The molecule has 1 aliphatic heterocycles. The highest BCUT2D eigenvalue weighted by Crippen LogP contribution is 2.35. The Labute approximate surface area is 209 Å². The van der Waals surface area contributed by atoms with Crippen molar-refractivity contribution in [2.45, 2.75) is 20.3 Å². The Kier molecular flexibility index (Phi) is 8.16. The lowest BCUT2D eigenvalue weighted by molar-refractivity contribution is -0.122. The van der Waals surface area contributed by atoms with Gasteiger partial charge < -0.3 is 9.47 Å². The number of carbonyl (C=O) groups is 1. The second kappa shape index (κ2) is 11.5. The molecular formula is C26H27N3O3S2. The fourth-order valence-corrected chi connectivity index (χ4v) is 4.93. The Morgan fingerprint density at radius 3 is 2.68 bits per heavy atom. The van der Waals surface area contributed by atoms with Crippen LogP contribution in [-0.2, 0) is 9.53 Å². The summed E-state index contributed by atoms with van der Waals surface area (Å²) in [5.41, 5.74) is 3.46. The summed E-state index contributed by atoms with van der Waals surface area (Å²) >= 11 is 6.82. The molecule has 3 aromatic rings. The molecule has 176 valence electrons. The van der Waals surface area contributed by atoms with Crippen molar-refractivity contribution in [3.8, 4) is 22.7 Å². The van der Waals surface area contributed by atoms with Crippen molar-refractivity contribution in [3.05, 3.63) is 71.3 Å². The van der Waals surface area contributed by atoms with Crippen LogP contribution in [0.3, 0.4) is 0 Å². The quantitative estimate of drug-likeness (QED) is 0.209. The van der Waals surface area contributed by atoms with E-state index >= 15 is 0 Å². The molecule has 6 nitrogen and oxygen atoms in total. The van der Waals surface area contributed by atoms with Crippen LogP contribution in [0.5, 0.6) is 5.75 Å². The summed E-state index contributed by atoms with van der Waals surface area (Å²) < 4.78 is 13.5. The third kappa shape index (κ3) is 5.58. The minimum Gasteiger partial charge on any atom is -0.494 e. The van der Waals surface area contributed by atoms with Gasteiger partial charge >= 0.3 is 0 Å². The maximum absolute atomic E-state index is 13.1. The number of ether oxygens (including phenoxy) is 2. The molecule has 0 radical (unpaired) electrons. The molecule has 1 amide bonds. The van der Waals surface area contributed by atoms with E-state index in [0.29, 0.717) is 35.6 Å². The van der Waals surface area contributed by atoms with Gasteiger partial charge in [0.1, 0.15) is 15.8 Å². The Morgan fingerprint density at radius 1 is 1.09 bits per heavy atom. The highest BCUT2D eigenvalue weighted by Gasteiger charge is 2.32. The molecule has 2 aromatic carbocycles. The lowest BCUT2D eigenvalue weighted by atomic mass is 10.1. The van der Waals surface area contributed by atoms with Crippen LogP contribution >= 0.6 is 24.0 Å². The van der Waals surface area contributed by atoms with E-state index in [-0.39, 0.29) is 5.91 Å². The molecule has 1 aromatic heterocycles. The number of thiocarbonyl (C=S) groups is 1. The topological polar surface area (TPSA) is 56.6 Å². The Morgan fingerprint density at radius 2 is 1.91 bits per heavy atom. The maximum atomic E-state index is 13.1. The van der Waals surface area contributed by atoms with Gasteiger partial charge in [-0.05, 0) is 50.6 Å². The van der Waals surface area contributed by atoms with Crippen LogP contribution < -0.4 is 4.74 Å². The SMILES string of the molecule is CCOCCCN1C(=O)/C(=C/c2cn(-c3ccccc3)nc2-c2cccc(OCC)c2)SC1=S. The van der Waals surface area contributed by atoms with Gasteiger partial charge in [-0.15, -0.1) is 0 Å². The molecule has 2 heterocycles. The van der Waals surface area contributed by atoms with Gasteiger partial charge in [-0.25, -0.2) is 4.68 Å². The van der Waals surface area contributed by atoms with E-state index in [0.717, 1.165) is 34.7 Å². The number of hydrogen-bond donors (Lipinski definition) is 0. The molecular weight excluding hydrogens is 466 g/mol. The lowest BCUT2D eigenvalue weighted by Gasteiger charge is -2.13. The molecule has 0 saturated carbocycles. The number of carbonyl (C=O) groups excluding carboxylic acids is 1. The molecule has 1 aliphatic rings. The Bertz CT molecular complexity index is 1190. The van der Waals surface area contributed by atoms with E-state index in [4.69, 9.17) is 26.8 Å². The van der Waals surface area contributed by atoms with Gasteiger partial charge in [0.2, 0.25) is 0 Å². The van der Waals surface area contributed by atoms with Crippen molar-refractivity contribution in [2.75, 3.05) is 26.4 Å². The normalized spacial score (nSPS) is 14.9. The van der Waals surface area contributed by atoms with Gasteiger partial charge in [0.15, 0.2) is 0 Å². The summed E-state index contributed by atoms with van der Waals surface area (Å²) in [5, 5.41) is 4.86. The predicted octanol–water partition coefficient (Wildman–Crippen LogP) is 5.57. The van der Waals surface area contributed by atoms with E-state index in [2.05, 4.69) is 0 Å². The molecule has 0 atom stereocenters. The molecule has 8 heteroatoms. The van der Waals surface area contributed by atoms with Gasteiger partial charge in [0.25, 0.3) is 5.91 Å². The summed E-state index contributed by atoms with van der Waals surface area (Å²) in [4.78, 5) is 15.4. The number of nitrogens with zero attached hydrogens (tertiary/aromatic N) is 3. The van der Waals surface area contributed by atoms with Crippen molar-refractivity contribution in [3.63, 3.8) is 0 Å². The van der Waals surface area contributed by atoms with Gasteiger partial charge in [-0.2, -0.15) is 5.10 Å². The largest absolute Gasteiger partial charge is 0.494 e. The summed E-state index contributed by atoms with van der Waals surface area (Å²) in [5.74, 6) is 0.703. The first-order valence-corrected chi connectivity index (χ1v) is 12.5. The standard InChI is InChI=1S/C26H27N3O3S2/c1-3-31-15-9-14-28-25(30)23(34-26(28)33)17-20-18-29(21-11-6-5-7-12-21)27-24(20)19-10-8-13-22(16-19)32-4-2/h5-8,10-13,16-18H,3-4,9,14-15H2,1-2H3/b23-17-. The second-order valence-electron chi connectivity index (χ2n) is 7.56. The zero-order valence-electron chi connectivity index (χ0n) is 19.3. The second-order valence-corrected chi connectivity index (χ2v) is 9.23. The minimum atomic E-state index is -0.0759. The van der Waals surface area contributed by atoms with Crippen molar-refractivity contribution >= 4 is 40.3 Å². The monoisotopic (exact) mass is 493 g/mol. The summed E-state index contributed by atoms with van der Waals surface area (Å²) in [6.07, 6.45) is 4.57. The number of aromatic nitrogens is 2. The highest BCUT2D eigenvalue weighted by atomic mass is 32.2. The van der Waals surface area contributed by atoms with Crippen LogP contribution in [0, 0.1) is 0 Å². The zero-order valence-corrected chi connectivity index (χ0v) is 20.9. The first-order valence-electron chi connectivity index (χ1n) is 11.3. The Balaban J connectivity index is 1.69. The third-order valence-electron chi connectivity index (χ3n) is 5.22. The fraction of sp³-hybridized carbons (Fsp3) is 0.269. The van der Waals surface area contributed by atoms with Crippen LogP contribution in [-0.4, -0.2) is 51.3 Å². The number of rotatable bonds is 10. The molecule has 0 N–H and O–H groups in total. The van der Waals surface area contributed by atoms with E-state index in [1.54, 1.807) is 4.90 Å². The molecule has 1 fully saturated rings. The summed E-state index contributed by atoms with van der Waals surface area (Å²) in [6.45, 7) is 6.32. The van der Waals surface area contributed by atoms with Crippen LogP contribution in [0.2, 0.25) is 0 Å². The summed E-state index contributed by atoms with van der Waals surface area (Å²) in [6, 6.07) is 17.7. The van der Waals surface area contributed by atoms with E-state index in [1.165, 1.54) is 11.8 Å². The highest BCUT2D eigenvalue weighted by molar-refractivity contribution is 8.26. The number of thioether (sulfide) groups is 1. The van der Waals surface area contributed by atoms with Crippen molar-refractivity contribution in [1.82, 2.24) is 14.7 Å². The molecule has 0 unspecified atom stereocenters. The number of para-hydroxylation sites is 1. The molecule has 4 rings (SSSR count). The molecule has 0 aliphatic carbocycles. The van der Waals surface area contributed by atoms with Gasteiger partial charge in [-0.3, -0.25) is 9.69 Å². The lowest BCUT2D eigenvalue weighted by Crippen LogP contribution is -2.29. The minimum absolute atomic E-state index is 0.0759. The molecule has 1 saturated heterocycles. The van der Waals surface area contributed by atoms with Crippen molar-refractivity contribution in [2.24, 2.45) is 0 Å². The zero-order chi connectivity index (χ0) is 23.9. The maximum Gasteiger partial charge on any atom is 0.266 e. The van der Waals surface area contributed by atoms with E-state index < -0.39 is 0 Å². The fourth-order valence-electron chi connectivity index (χ4n) is 3.63. The smallest absolute Gasteiger partial charge is 0.266 e. The van der Waals surface area contributed by atoms with Gasteiger partial charge in [0, 0.05) is 37.1 Å². The average Bonchev–Trinajstić information content (AvgIpc) is 3.39. The van der Waals surface area contributed by atoms with E-state index in [9.17, 15) is 4.79 Å². The first-order chi connectivity index (χ1) is 16.6. The molecule has 0 spiro atoms. The number of amides is 1. The van der Waals surface area contributed by atoms with Crippen LogP contribution in [0.4, 0.5) is 0 Å². The number of hydrogen-bond acceptors (Lipinski definition) is 6. The van der Waals surface area contributed by atoms with Crippen LogP contribution in [0.15, 0.2) is 65.7 Å². The average molecular weight is 494 g/mol. The molecule has 0 bridgehead atoms. The van der Waals surface area contributed by atoms with Gasteiger partial charge in [0.05, 0.1) is 17.2 Å². The molecule has 34 heavy (non-hydrogen) atoms. The van der Waals surface area contributed by atoms with Crippen LogP contribution in [0.25, 0.3) is 23.0 Å².